The van der Waals surface area contributed by atoms with Gasteiger partial charge in [-0.1, -0.05) is 52.3 Å². The average molecular weight is 328 g/mol. The molecule has 0 unspecified atom stereocenters. The fourth-order valence-corrected chi connectivity index (χ4v) is 2.51. The highest BCUT2D eigenvalue weighted by Crippen LogP contribution is 2.26. The van der Waals surface area contributed by atoms with Crippen molar-refractivity contribution in [3.8, 4) is 11.3 Å². The van der Waals surface area contributed by atoms with Crippen molar-refractivity contribution in [3.05, 3.63) is 71.1 Å². The van der Waals surface area contributed by atoms with Crippen LogP contribution in [0.15, 0.2) is 65.3 Å². The highest BCUT2D eigenvalue weighted by Gasteiger charge is 2.06. The highest BCUT2D eigenvalue weighted by molar-refractivity contribution is 9.10. The van der Waals surface area contributed by atoms with E-state index >= 15 is 0 Å². The zero-order valence-electron chi connectivity index (χ0n) is 10.8. The fraction of sp³-hybridized carbons (Fsp3) is 0.0625. The summed E-state index contributed by atoms with van der Waals surface area (Å²) >= 11 is 3.55. The molecule has 0 atom stereocenters. The van der Waals surface area contributed by atoms with E-state index in [-0.39, 0.29) is 0 Å². The minimum absolute atomic E-state index is 0.675. The molecule has 0 fully saturated rings. The third-order valence-electron chi connectivity index (χ3n) is 3.03. The first-order valence-electron chi connectivity index (χ1n) is 6.40. The van der Waals surface area contributed by atoms with Gasteiger partial charge in [0.2, 0.25) is 0 Å². The first-order chi connectivity index (χ1) is 9.83. The molecule has 0 saturated heterocycles. The molecule has 0 aliphatic carbocycles. The number of nitrogens with zero attached hydrogens (tertiary/aromatic N) is 1. The molecule has 0 amide bonds. The maximum atomic E-state index is 4.41. The van der Waals surface area contributed by atoms with Crippen LogP contribution in [0, 0.1) is 0 Å². The Hall–Kier alpha value is -2.07. The number of aromatic amines is 1. The molecule has 3 aromatic rings. The van der Waals surface area contributed by atoms with Gasteiger partial charge in [-0.05, 0) is 18.2 Å². The molecule has 3 nitrogen and oxygen atoms in total. The molecular formula is C16H14BrN3. The zero-order chi connectivity index (χ0) is 13.8. The van der Waals surface area contributed by atoms with Gasteiger partial charge in [0.1, 0.15) is 5.82 Å². The quantitative estimate of drug-likeness (QED) is 0.743. The van der Waals surface area contributed by atoms with Crippen molar-refractivity contribution in [2.75, 3.05) is 5.32 Å². The van der Waals surface area contributed by atoms with Gasteiger partial charge >= 0.3 is 0 Å². The van der Waals surface area contributed by atoms with Gasteiger partial charge in [-0.15, -0.1) is 0 Å². The van der Waals surface area contributed by atoms with Crippen LogP contribution in [0.2, 0.25) is 0 Å². The molecule has 2 aromatic carbocycles. The Balaban J connectivity index is 1.73. The maximum absolute atomic E-state index is 4.41. The van der Waals surface area contributed by atoms with Crippen LogP contribution in [0.25, 0.3) is 11.3 Å². The van der Waals surface area contributed by atoms with Crippen molar-refractivity contribution in [1.82, 2.24) is 9.97 Å². The first kappa shape index (κ1) is 12.9. The first-order valence-corrected chi connectivity index (χ1v) is 7.20. The Morgan fingerprint density at radius 2 is 1.75 bits per heavy atom. The van der Waals surface area contributed by atoms with E-state index in [0.29, 0.717) is 6.54 Å². The van der Waals surface area contributed by atoms with Crippen molar-refractivity contribution < 1.29 is 0 Å². The number of rotatable bonds is 4. The van der Waals surface area contributed by atoms with Crippen molar-refractivity contribution in [1.29, 1.82) is 0 Å². The Labute approximate surface area is 126 Å². The topological polar surface area (TPSA) is 40.7 Å². The van der Waals surface area contributed by atoms with Crippen LogP contribution in [0.4, 0.5) is 5.69 Å². The van der Waals surface area contributed by atoms with E-state index in [1.165, 1.54) is 0 Å². The number of aromatic nitrogens is 2. The molecule has 4 heteroatoms. The summed E-state index contributed by atoms with van der Waals surface area (Å²) in [6.07, 6.45) is 1.86. The number of para-hydroxylation sites is 1. The molecule has 0 saturated carbocycles. The summed E-state index contributed by atoms with van der Waals surface area (Å²) in [5.74, 6) is 0.916. The Morgan fingerprint density at radius 3 is 2.55 bits per heavy atom. The molecule has 1 heterocycles. The number of anilines is 1. The Bertz CT molecular complexity index is 692. The van der Waals surface area contributed by atoms with E-state index in [1.807, 2.05) is 54.7 Å². The minimum Gasteiger partial charge on any atom is -0.378 e. The second-order valence-electron chi connectivity index (χ2n) is 4.44. The normalized spacial score (nSPS) is 10.4. The SMILES string of the molecule is Brc1ccccc1-c1cnc(CNc2ccccc2)[nH]1. The third kappa shape index (κ3) is 2.91. The monoisotopic (exact) mass is 327 g/mol. The van der Waals surface area contributed by atoms with Gasteiger partial charge in [-0.3, -0.25) is 0 Å². The molecule has 3 rings (SSSR count). The van der Waals surface area contributed by atoms with Gasteiger partial charge < -0.3 is 10.3 Å². The molecular weight excluding hydrogens is 314 g/mol. The summed E-state index contributed by atoms with van der Waals surface area (Å²) < 4.78 is 1.06. The number of benzene rings is 2. The van der Waals surface area contributed by atoms with Crippen LogP contribution in [0.1, 0.15) is 5.82 Å². The van der Waals surface area contributed by atoms with Crippen molar-refractivity contribution >= 4 is 21.6 Å². The molecule has 0 aliphatic rings. The average Bonchev–Trinajstić information content (AvgIpc) is 2.95. The van der Waals surface area contributed by atoms with Gasteiger partial charge in [-0.2, -0.15) is 0 Å². The van der Waals surface area contributed by atoms with Crippen molar-refractivity contribution in [3.63, 3.8) is 0 Å². The zero-order valence-corrected chi connectivity index (χ0v) is 12.4. The number of imidazole rings is 1. The minimum atomic E-state index is 0.675. The summed E-state index contributed by atoms with van der Waals surface area (Å²) in [6.45, 7) is 0.675. The van der Waals surface area contributed by atoms with Crippen LogP contribution >= 0.6 is 15.9 Å². The van der Waals surface area contributed by atoms with Gasteiger partial charge in [0.25, 0.3) is 0 Å². The summed E-state index contributed by atoms with van der Waals surface area (Å²) in [6, 6.07) is 18.2. The molecule has 0 bridgehead atoms. The van der Waals surface area contributed by atoms with Crippen LogP contribution < -0.4 is 5.32 Å². The van der Waals surface area contributed by atoms with E-state index in [9.17, 15) is 0 Å². The summed E-state index contributed by atoms with van der Waals surface area (Å²) in [7, 11) is 0. The molecule has 2 N–H and O–H groups in total. The van der Waals surface area contributed by atoms with E-state index in [2.05, 4.69) is 37.3 Å². The molecule has 1 aromatic heterocycles. The number of H-pyrrole nitrogens is 1. The van der Waals surface area contributed by atoms with E-state index in [1.54, 1.807) is 0 Å². The van der Waals surface area contributed by atoms with Gasteiger partial charge in [0, 0.05) is 15.7 Å². The van der Waals surface area contributed by atoms with E-state index < -0.39 is 0 Å². The van der Waals surface area contributed by atoms with Crippen LogP contribution in [-0.4, -0.2) is 9.97 Å². The molecule has 0 spiro atoms. The number of hydrogen-bond acceptors (Lipinski definition) is 2. The number of nitrogens with one attached hydrogen (secondary N) is 2. The van der Waals surface area contributed by atoms with Gasteiger partial charge in [0.15, 0.2) is 0 Å². The molecule has 0 radical (unpaired) electrons. The molecule has 0 aliphatic heterocycles. The van der Waals surface area contributed by atoms with E-state index in [4.69, 9.17) is 0 Å². The standard InChI is InChI=1S/C16H14BrN3/c17-14-9-5-4-8-13(14)15-10-19-16(20-15)11-18-12-6-2-1-3-7-12/h1-10,18H,11H2,(H,19,20). The highest BCUT2D eigenvalue weighted by atomic mass is 79.9. The van der Waals surface area contributed by atoms with Crippen LogP contribution in [0.3, 0.4) is 0 Å². The lowest BCUT2D eigenvalue weighted by molar-refractivity contribution is 1.00. The lowest BCUT2D eigenvalue weighted by atomic mass is 10.2. The van der Waals surface area contributed by atoms with Crippen molar-refractivity contribution in [2.24, 2.45) is 0 Å². The van der Waals surface area contributed by atoms with Gasteiger partial charge in [-0.25, -0.2) is 4.98 Å². The van der Waals surface area contributed by atoms with Crippen LogP contribution in [-0.2, 0) is 6.54 Å². The number of halogens is 1. The summed E-state index contributed by atoms with van der Waals surface area (Å²) in [5.41, 5.74) is 3.22. The fourth-order valence-electron chi connectivity index (χ4n) is 2.01. The lowest BCUT2D eigenvalue weighted by Gasteiger charge is -2.03. The smallest absolute Gasteiger partial charge is 0.125 e. The molecule has 20 heavy (non-hydrogen) atoms. The lowest BCUT2D eigenvalue weighted by Crippen LogP contribution is -2.00. The third-order valence-corrected chi connectivity index (χ3v) is 3.72. The summed E-state index contributed by atoms with van der Waals surface area (Å²) in [4.78, 5) is 7.75. The Morgan fingerprint density at radius 1 is 1.00 bits per heavy atom. The predicted octanol–water partition coefficient (Wildman–Crippen LogP) is 4.45. The van der Waals surface area contributed by atoms with Crippen molar-refractivity contribution in [2.45, 2.75) is 6.54 Å². The van der Waals surface area contributed by atoms with Crippen LogP contribution in [0.5, 0.6) is 0 Å². The summed E-state index contributed by atoms with van der Waals surface area (Å²) in [5, 5.41) is 3.33. The predicted molar refractivity (Wildman–Crippen MR) is 85.5 cm³/mol. The largest absolute Gasteiger partial charge is 0.378 e. The number of hydrogen-bond donors (Lipinski definition) is 2. The maximum Gasteiger partial charge on any atom is 0.125 e. The second kappa shape index (κ2) is 5.92. The molecule has 100 valence electrons. The second-order valence-corrected chi connectivity index (χ2v) is 5.30. The van der Waals surface area contributed by atoms with E-state index in [0.717, 1.165) is 27.2 Å². The Kier molecular flexibility index (Phi) is 3.83. The van der Waals surface area contributed by atoms with Gasteiger partial charge in [0.05, 0.1) is 18.4 Å².